The zero-order valence-corrected chi connectivity index (χ0v) is 19.4. The topological polar surface area (TPSA) is 116 Å². The minimum atomic E-state index is -1.01. The van der Waals surface area contributed by atoms with Gasteiger partial charge >= 0.3 is 0 Å². The number of anilines is 1. The first kappa shape index (κ1) is 24.3. The van der Waals surface area contributed by atoms with Crippen LogP contribution in [-0.2, 0) is 11.2 Å². The fourth-order valence-corrected chi connectivity index (χ4v) is 4.01. The predicted molar refractivity (Wildman–Crippen MR) is 126 cm³/mol. The number of aromatic nitrogens is 4. The van der Waals surface area contributed by atoms with Gasteiger partial charge in [-0.25, -0.2) is 18.2 Å². The van der Waals surface area contributed by atoms with Gasteiger partial charge in [0.2, 0.25) is 0 Å². The van der Waals surface area contributed by atoms with Crippen molar-refractivity contribution in [2.75, 3.05) is 31.6 Å². The molecule has 0 unspecified atom stereocenters. The van der Waals surface area contributed by atoms with Gasteiger partial charge in [0, 0.05) is 25.7 Å². The van der Waals surface area contributed by atoms with E-state index in [1.165, 1.54) is 18.3 Å². The number of ether oxygens (including phenoxy) is 1. The van der Waals surface area contributed by atoms with E-state index in [1.54, 1.807) is 17.0 Å². The Labute approximate surface area is 208 Å². The lowest BCUT2D eigenvalue weighted by Gasteiger charge is -2.26. The maximum atomic E-state index is 14.1. The highest BCUT2D eigenvalue weighted by atomic mass is 19.1. The molecular weight excluding hydrogens is 489 g/mol. The number of carbonyl (C=O) groups is 2. The van der Waals surface area contributed by atoms with Gasteiger partial charge in [-0.15, -0.1) is 0 Å². The SMILES string of the molecule is O=C(Nc1c[nH]nc1-c1nc(C(=O)N2CCOCC2)c(Cc2ccc(F)cc2)[nH]1)c1c(F)cccc1F. The van der Waals surface area contributed by atoms with Crippen molar-refractivity contribution < 1.29 is 27.5 Å². The largest absolute Gasteiger partial charge is 0.378 e. The number of aromatic amines is 2. The van der Waals surface area contributed by atoms with Crippen molar-refractivity contribution >= 4 is 17.5 Å². The van der Waals surface area contributed by atoms with E-state index < -0.39 is 23.1 Å². The number of morpholine rings is 1. The summed E-state index contributed by atoms with van der Waals surface area (Å²) in [5.41, 5.74) is 0.819. The van der Waals surface area contributed by atoms with E-state index in [1.807, 2.05) is 0 Å². The van der Waals surface area contributed by atoms with Crippen LogP contribution in [0, 0.1) is 17.5 Å². The lowest BCUT2D eigenvalue weighted by molar-refractivity contribution is 0.0298. The van der Waals surface area contributed by atoms with E-state index in [4.69, 9.17) is 4.74 Å². The summed E-state index contributed by atoms with van der Waals surface area (Å²) >= 11 is 0. The Balaban J connectivity index is 1.48. The molecule has 4 aromatic rings. The fourth-order valence-electron chi connectivity index (χ4n) is 4.01. The lowest BCUT2D eigenvalue weighted by Crippen LogP contribution is -2.41. The quantitative estimate of drug-likeness (QED) is 0.367. The maximum absolute atomic E-state index is 14.1. The van der Waals surface area contributed by atoms with Crippen LogP contribution in [0.1, 0.15) is 32.1 Å². The Hall–Kier alpha value is -4.45. The van der Waals surface area contributed by atoms with E-state index in [0.29, 0.717) is 32.0 Å². The monoisotopic (exact) mass is 510 g/mol. The number of hydrogen-bond acceptors (Lipinski definition) is 5. The molecule has 1 fully saturated rings. The normalized spacial score (nSPS) is 13.5. The van der Waals surface area contributed by atoms with Gasteiger partial charge < -0.3 is 19.9 Å². The number of nitrogens with one attached hydrogen (secondary N) is 3. The van der Waals surface area contributed by atoms with Crippen molar-refractivity contribution in [2.45, 2.75) is 6.42 Å². The number of rotatable bonds is 6. The molecule has 0 atom stereocenters. The molecule has 1 aliphatic heterocycles. The zero-order chi connectivity index (χ0) is 25.9. The Morgan fingerprint density at radius 2 is 1.73 bits per heavy atom. The van der Waals surface area contributed by atoms with Crippen LogP contribution in [0.25, 0.3) is 11.5 Å². The molecule has 37 heavy (non-hydrogen) atoms. The molecule has 0 aliphatic carbocycles. The van der Waals surface area contributed by atoms with Gasteiger partial charge in [0.15, 0.2) is 11.5 Å². The van der Waals surface area contributed by atoms with Gasteiger partial charge in [-0.05, 0) is 29.8 Å². The molecule has 1 saturated heterocycles. The Bertz CT molecular complexity index is 1420. The van der Waals surface area contributed by atoms with Gasteiger partial charge in [0.25, 0.3) is 11.8 Å². The molecule has 5 rings (SSSR count). The van der Waals surface area contributed by atoms with Gasteiger partial charge in [-0.1, -0.05) is 18.2 Å². The van der Waals surface area contributed by atoms with Gasteiger partial charge in [-0.3, -0.25) is 14.7 Å². The first-order valence-electron chi connectivity index (χ1n) is 11.4. The van der Waals surface area contributed by atoms with Gasteiger partial charge in [-0.2, -0.15) is 5.10 Å². The second-order valence-electron chi connectivity index (χ2n) is 8.32. The molecule has 3 heterocycles. The molecule has 190 valence electrons. The number of imidazole rings is 1. The third-order valence-electron chi connectivity index (χ3n) is 5.88. The van der Waals surface area contributed by atoms with Crippen molar-refractivity contribution in [3.05, 3.63) is 88.6 Å². The summed E-state index contributed by atoms with van der Waals surface area (Å²) in [6.45, 7) is 1.60. The summed E-state index contributed by atoms with van der Waals surface area (Å²) in [5.74, 6) is -3.60. The first-order valence-corrected chi connectivity index (χ1v) is 11.4. The number of nitrogens with zero attached hydrogens (tertiary/aromatic N) is 3. The highest BCUT2D eigenvalue weighted by Crippen LogP contribution is 2.27. The minimum absolute atomic E-state index is 0.0973. The van der Waals surface area contributed by atoms with Crippen molar-refractivity contribution in [3.8, 4) is 11.5 Å². The van der Waals surface area contributed by atoms with Crippen molar-refractivity contribution in [3.63, 3.8) is 0 Å². The van der Waals surface area contributed by atoms with Crippen molar-refractivity contribution in [1.29, 1.82) is 0 Å². The number of benzene rings is 2. The molecule has 2 aromatic carbocycles. The predicted octanol–water partition coefficient (Wildman–Crippen LogP) is 3.53. The highest BCUT2D eigenvalue weighted by molar-refractivity contribution is 6.06. The number of carbonyl (C=O) groups excluding carboxylic acids is 2. The van der Waals surface area contributed by atoms with Crippen LogP contribution >= 0.6 is 0 Å². The smallest absolute Gasteiger partial charge is 0.274 e. The van der Waals surface area contributed by atoms with Crippen LogP contribution in [0.2, 0.25) is 0 Å². The van der Waals surface area contributed by atoms with Crippen molar-refractivity contribution in [1.82, 2.24) is 25.1 Å². The number of hydrogen-bond donors (Lipinski definition) is 3. The molecule has 1 aliphatic rings. The third kappa shape index (κ3) is 5.09. The molecule has 3 N–H and O–H groups in total. The summed E-state index contributed by atoms with van der Waals surface area (Å²) in [6.07, 6.45) is 1.57. The standard InChI is InChI=1S/C25H21F3N6O3/c26-15-6-4-14(5-7-15)12-18-22(25(36)34-8-10-37-11-9-34)32-23(30-18)21-19(13-29-33-21)31-24(35)20-16(27)2-1-3-17(20)28/h1-7,13H,8-12H2,(H,29,33)(H,30,32)(H,31,35). The summed E-state index contributed by atoms with van der Waals surface area (Å²) < 4.78 is 46.9. The molecule has 0 radical (unpaired) electrons. The Morgan fingerprint density at radius 1 is 1.03 bits per heavy atom. The Kier molecular flexibility index (Phi) is 6.73. The lowest BCUT2D eigenvalue weighted by atomic mass is 10.1. The van der Waals surface area contributed by atoms with Gasteiger partial charge in [0.1, 0.15) is 28.7 Å². The second kappa shape index (κ2) is 10.3. The van der Waals surface area contributed by atoms with E-state index in [9.17, 15) is 22.8 Å². The van der Waals surface area contributed by atoms with Crippen LogP contribution in [0.4, 0.5) is 18.9 Å². The summed E-state index contributed by atoms with van der Waals surface area (Å²) in [7, 11) is 0. The summed E-state index contributed by atoms with van der Waals surface area (Å²) in [6, 6.07) is 8.95. The van der Waals surface area contributed by atoms with Crippen LogP contribution in [0.5, 0.6) is 0 Å². The zero-order valence-electron chi connectivity index (χ0n) is 19.4. The maximum Gasteiger partial charge on any atom is 0.274 e. The fraction of sp³-hybridized carbons (Fsp3) is 0.200. The molecule has 0 bridgehead atoms. The Morgan fingerprint density at radius 3 is 2.43 bits per heavy atom. The van der Waals surface area contributed by atoms with E-state index >= 15 is 0 Å². The van der Waals surface area contributed by atoms with Crippen LogP contribution in [0.3, 0.4) is 0 Å². The van der Waals surface area contributed by atoms with Crippen LogP contribution in [-0.4, -0.2) is 63.2 Å². The average molecular weight is 510 g/mol. The number of halogens is 3. The molecule has 0 spiro atoms. The van der Waals surface area contributed by atoms with E-state index in [2.05, 4.69) is 25.5 Å². The van der Waals surface area contributed by atoms with E-state index in [-0.39, 0.29) is 41.0 Å². The molecule has 2 amide bonds. The summed E-state index contributed by atoms with van der Waals surface area (Å²) in [4.78, 5) is 35.1. The van der Waals surface area contributed by atoms with E-state index in [0.717, 1.165) is 23.8 Å². The molecular formula is C25H21F3N6O3. The molecule has 2 aromatic heterocycles. The third-order valence-corrected chi connectivity index (χ3v) is 5.88. The highest BCUT2D eigenvalue weighted by Gasteiger charge is 2.27. The summed E-state index contributed by atoms with van der Waals surface area (Å²) in [5, 5.41) is 9.14. The van der Waals surface area contributed by atoms with Crippen molar-refractivity contribution in [2.24, 2.45) is 0 Å². The number of amides is 2. The number of H-pyrrole nitrogens is 2. The van der Waals surface area contributed by atoms with Crippen LogP contribution < -0.4 is 5.32 Å². The average Bonchev–Trinajstić information content (AvgIpc) is 3.52. The molecule has 0 saturated carbocycles. The van der Waals surface area contributed by atoms with Crippen LogP contribution in [0.15, 0.2) is 48.7 Å². The van der Waals surface area contributed by atoms with Gasteiger partial charge in [0.05, 0.1) is 24.6 Å². The minimum Gasteiger partial charge on any atom is -0.378 e. The first-order chi connectivity index (χ1) is 17.9. The second-order valence-corrected chi connectivity index (χ2v) is 8.32. The molecule has 9 nitrogen and oxygen atoms in total. The molecule has 12 heteroatoms.